The third kappa shape index (κ3) is 3.92. The van der Waals surface area contributed by atoms with Gasteiger partial charge in [-0.15, -0.1) is 0 Å². The van der Waals surface area contributed by atoms with Gasteiger partial charge in [-0.2, -0.15) is 0 Å². The highest BCUT2D eigenvalue weighted by atomic mass is 16.5. The van der Waals surface area contributed by atoms with Gasteiger partial charge in [0.25, 0.3) is 5.91 Å². The molecule has 0 aliphatic carbocycles. The molecule has 0 unspecified atom stereocenters. The summed E-state index contributed by atoms with van der Waals surface area (Å²) in [7, 11) is 6.88. The van der Waals surface area contributed by atoms with Crippen LogP contribution in [-0.4, -0.2) is 45.7 Å². The fourth-order valence-electron chi connectivity index (χ4n) is 1.42. The van der Waals surface area contributed by atoms with E-state index in [1.54, 1.807) is 21.2 Å². The van der Waals surface area contributed by atoms with Crippen molar-refractivity contribution in [2.45, 2.75) is 6.54 Å². The third-order valence-electron chi connectivity index (χ3n) is 2.48. The molecular weight excluding hydrogens is 232 g/mol. The summed E-state index contributed by atoms with van der Waals surface area (Å²) in [6, 6.07) is 5.52. The highest BCUT2D eigenvalue weighted by molar-refractivity contribution is 5.77. The smallest absolute Gasteiger partial charge is 0.259 e. The normalized spacial score (nSPS) is 10.0. The minimum atomic E-state index is -0.0683. The Morgan fingerprint density at radius 1 is 1.39 bits per heavy atom. The molecule has 0 atom stereocenters. The number of nitrogens with zero attached hydrogens (tertiary/aromatic N) is 1. The molecule has 1 rings (SSSR count). The second kappa shape index (κ2) is 6.86. The van der Waals surface area contributed by atoms with Crippen LogP contribution < -0.4 is 14.8 Å². The van der Waals surface area contributed by atoms with Gasteiger partial charge in [-0.25, -0.2) is 0 Å². The van der Waals surface area contributed by atoms with Crippen LogP contribution >= 0.6 is 0 Å². The van der Waals surface area contributed by atoms with Crippen molar-refractivity contribution in [2.75, 3.05) is 34.9 Å². The number of nitrogens with one attached hydrogen (secondary N) is 1. The van der Waals surface area contributed by atoms with Crippen LogP contribution in [0.5, 0.6) is 11.5 Å². The Hall–Kier alpha value is -1.75. The van der Waals surface area contributed by atoms with Gasteiger partial charge in [-0.1, -0.05) is 0 Å². The molecule has 18 heavy (non-hydrogen) atoms. The van der Waals surface area contributed by atoms with Crippen molar-refractivity contribution in [1.29, 1.82) is 0 Å². The molecule has 0 heterocycles. The molecule has 0 aliphatic heterocycles. The maximum absolute atomic E-state index is 11.5. The van der Waals surface area contributed by atoms with E-state index in [1.165, 1.54) is 4.90 Å². The van der Waals surface area contributed by atoms with E-state index in [9.17, 15) is 4.79 Å². The summed E-state index contributed by atoms with van der Waals surface area (Å²) in [6.07, 6.45) is 0. The van der Waals surface area contributed by atoms with E-state index in [-0.39, 0.29) is 12.5 Å². The van der Waals surface area contributed by atoms with Gasteiger partial charge in [0.1, 0.15) is 11.5 Å². The average Bonchev–Trinajstić information content (AvgIpc) is 2.36. The third-order valence-corrected chi connectivity index (χ3v) is 2.48. The van der Waals surface area contributed by atoms with Crippen molar-refractivity contribution < 1.29 is 14.3 Å². The molecule has 0 fully saturated rings. The van der Waals surface area contributed by atoms with Gasteiger partial charge in [-0.05, 0) is 25.2 Å². The number of methoxy groups -OCH3 is 1. The number of hydrogen-bond acceptors (Lipinski definition) is 4. The Kier molecular flexibility index (Phi) is 5.45. The van der Waals surface area contributed by atoms with Gasteiger partial charge in [0, 0.05) is 26.2 Å². The Bertz CT molecular complexity index is 405. The first-order valence-corrected chi connectivity index (χ1v) is 5.73. The van der Waals surface area contributed by atoms with Crippen LogP contribution in [0, 0.1) is 0 Å². The lowest BCUT2D eigenvalue weighted by molar-refractivity contribution is -0.130. The van der Waals surface area contributed by atoms with Gasteiger partial charge < -0.3 is 19.7 Å². The van der Waals surface area contributed by atoms with Crippen molar-refractivity contribution in [3.05, 3.63) is 23.8 Å². The summed E-state index contributed by atoms with van der Waals surface area (Å²) in [5.74, 6) is 1.40. The molecule has 100 valence electrons. The fourth-order valence-corrected chi connectivity index (χ4v) is 1.42. The van der Waals surface area contributed by atoms with E-state index < -0.39 is 0 Å². The van der Waals surface area contributed by atoms with Crippen molar-refractivity contribution in [2.24, 2.45) is 0 Å². The SMILES string of the molecule is CNCc1cc(OC)ccc1OCC(=O)N(C)C. The molecule has 0 spiro atoms. The van der Waals surface area contributed by atoms with Crippen molar-refractivity contribution in [3.8, 4) is 11.5 Å². The zero-order chi connectivity index (χ0) is 13.5. The van der Waals surface area contributed by atoms with Gasteiger partial charge in [0.2, 0.25) is 0 Å². The molecule has 1 N–H and O–H groups in total. The predicted octanol–water partition coefficient (Wildman–Crippen LogP) is 0.882. The number of benzene rings is 1. The Labute approximate surface area is 108 Å². The number of hydrogen-bond donors (Lipinski definition) is 1. The molecule has 1 aromatic carbocycles. The first kappa shape index (κ1) is 14.3. The van der Waals surface area contributed by atoms with E-state index in [1.807, 2.05) is 25.2 Å². The number of likely N-dealkylation sites (N-methyl/N-ethyl adjacent to an activating group) is 1. The van der Waals surface area contributed by atoms with E-state index >= 15 is 0 Å². The van der Waals surface area contributed by atoms with Gasteiger partial charge in [-0.3, -0.25) is 4.79 Å². The van der Waals surface area contributed by atoms with E-state index in [0.717, 1.165) is 11.3 Å². The van der Waals surface area contributed by atoms with Crippen LogP contribution in [-0.2, 0) is 11.3 Å². The summed E-state index contributed by atoms with van der Waals surface area (Å²) in [6.45, 7) is 0.693. The minimum Gasteiger partial charge on any atom is -0.497 e. The lowest BCUT2D eigenvalue weighted by Gasteiger charge is -2.14. The second-order valence-corrected chi connectivity index (χ2v) is 4.08. The molecule has 1 amide bonds. The maximum atomic E-state index is 11.5. The first-order chi connectivity index (χ1) is 8.58. The zero-order valence-corrected chi connectivity index (χ0v) is 11.3. The van der Waals surface area contributed by atoms with Crippen LogP contribution in [0.2, 0.25) is 0 Å². The summed E-state index contributed by atoms with van der Waals surface area (Å²) in [5.41, 5.74) is 0.961. The standard InChI is InChI=1S/C13H20N2O3/c1-14-8-10-7-11(17-4)5-6-12(10)18-9-13(16)15(2)3/h5-7,14H,8-9H2,1-4H3. The second-order valence-electron chi connectivity index (χ2n) is 4.08. The van der Waals surface area contributed by atoms with Crippen LogP contribution in [0.15, 0.2) is 18.2 Å². The molecule has 0 aromatic heterocycles. The number of carbonyl (C=O) groups is 1. The molecule has 0 aliphatic rings. The first-order valence-electron chi connectivity index (χ1n) is 5.73. The van der Waals surface area contributed by atoms with Crippen molar-refractivity contribution in [3.63, 3.8) is 0 Å². The average molecular weight is 252 g/mol. The van der Waals surface area contributed by atoms with Crippen molar-refractivity contribution in [1.82, 2.24) is 10.2 Å². The topological polar surface area (TPSA) is 50.8 Å². The molecule has 5 nitrogen and oxygen atoms in total. The zero-order valence-electron chi connectivity index (χ0n) is 11.3. The lowest BCUT2D eigenvalue weighted by Crippen LogP contribution is -2.27. The van der Waals surface area contributed by atoms with Gasteiger partial charge >= 0.3 is 0 Å². The molecule has 0 saturated heterocycles. The molecule has 0 bridgehead atoms. The van der Waals surface area contributed by atoms with Crippen LogP contribution in [0.1, 0.15) is 5.56 Å². The molecule has 0 radical (unpaired) electrons. The number of amides is 1. The molecule has 5 heteroatoms. The summed E-state index contributed by atoms with van der Waals surface area (Å²) in [5, 5.41) is 3.06. The van der Waals surface area contributed by atoms with E-state index in [4.69, 9.17) is 9.47 Å². The highest BCUT2D eigenvalue weighted by Crippen LogP contribution is 2.24. The predicted molar refractivity (Wildman–Crippen MR) is 69.9 cm³/mol. The van der Waals surface area contributed by atoms with Gasteiger partial charge in [0.15, 0.2) is 6.61 Å². The highest BCUT2D eigenvalue weighted by Gasteiger charge is 2.09. The quantitative estimate of drug-likeness (QED) is 0.816. The Balaban J connectivity index is 2.77. The van der Waals surface area contributed by atoms with Crippen LogP contribution in [0.3, 0.4) is 0 Å². The summed E-state index contributed by atoms with van der Waals surface area (Å²) < 4.78 is 10.7. The van der Waals surface area contributed by atoms with E-state index in [2.05, 4.69) is 5.32 Å². The largest absolute Gasteiger partial charge is 0.497 e. The molecule has 1 aromatic rings. The van der Waals surface area contributed by atoms with Crippen molar-refractivity contribution >= 4 is 5.91 Å². The van der Waals surface area contributed by atoms with E-state index in [0.29, 0.717) is 12.3 Å². The Morgan fingerprint density at radius 3 is 2.67 bits per heavy atom. The number of ether oxygens (including phenoxy) is 2. The Morgan fingerprint density at radius 2 is 2.11 bits per heavy atom. The lowest BCUT2D eigenvalue weighted by atomic mass is 10.2. The van der Waals surface area contributed by atoms with Crippen LogP contribution in [0.4, 0.5) is 0 Å². The minimum absolute atomic E-state index is 0.0377. The summed E-state index contributed by atoms with van der Waals surface area (Å²) >= 11 is 0. The monoisotopic (exact) mass is 252 g/mol. The molecule has 0 saturated carbocycles. The number of rotatable bonds is 6. The summed E-state index contributed by atoms with van der Waals surface area (Å²) in [4.78, 5) is 13.0. The van der Waals surface area contributed by atoms with Crippen LogP contribution in [0.25, 0.3) is 0 Å². The fraction of sp³-hybridized carbons (Fsp3) is 0.462. The molecular formula is C13H20N2O3. The van der Waals surface area contributed by atoms with Gasteiger partial charge in [0.05, 0.1) is 7.11 Å². The number of carbonyl (C=O) groups excluding carboxylic acids is 1. The maximum Gasteiger partial charge on any atom is 0.259 e.